The maximum absolute atomic E-state index is 12.2. The Balaban J connectivity index is 2.48. The number of alkyl halides is 3. The molecule has 0 aliphatic heterocycles. The summed E-state index contributed by atoms with van der Waals surface area (Å²) < 4.78 is 36.5. The number of nitriles is 1. The minimum Gasteiger partial charge on any atom is -0.302 e. The van der Waals surface area contributed by atoms with Crippen LogP contribution in [0.3, 0.4) is 0 Å². The molecule has 2 aromatic rings. The number of para-hydroxylation sites is 1. The van der Waals surface area contributed by atoms with Gasteiger partial charge in [-0.1, -0.05) is 18.2 Å². The van der Waals surface area contributed by atoms with Crippen molar-refractivity contribution in [1.82, 2.24) is 4.98 Å². The van der Waals surface area contributed by atoms with Gasteiger partial charge in [0.25, 0.3) is 0 Å². The SMILES string of the molecule is N#Cc1cc2ccccc2nc1NC(=O)C(F)(F)F. The molecule has 1 aromatic heterocycles. The fraction of sp³-hybridized carbons (Fsp3) is 0.0833. The van der Waals surface area contributed by atoms with Crippen molar-refractivity contribution in [3.63, 3.8) is 0 Å². The van der Waals surface area contributed by atoms with E-state index in [4.69, 9.17) is 5.26 Å². The summed E-state index contributed by atoms with van der Waals surface area (Å²) in [5, 5.41) is 11.1. The summed E-state index contributed by atoms with van der Waals surface area (Å²) in [7, 11) is 0. The molecule has 19 heavy (non-hydrogen) atoms. The van der Waals surface area contributed by atoms with Crippen LogP contribution in [0.1, 0.15) is 5.56 Å². The van der Waals surface area contributed by atoms with Crippen LogP contribution in [-0.4, -0.2) is 17.1 Å². The summed E-state index contributed by atoms with van der Waals surface area (Å²) in [5.74, 6) is -2.56. The van der Waals surface area contributed by atoms with E-state index >= 15 is 0 Å². The number of hydrogen-bond acceptors (Lipinski definition) is 3. The Morgan fingerprint density at radius 3 is 2.63 bits per heavy atom. The molecule has 96 valence electrons. The smallest absolute Gasteiger partial charge is 0.302 e. The molecular formula is C12H6F3N3O. The molecule has 1 N–H and O–H groups in total. The normalized spacial score (nSPS) is 11.1. The standard InChI is InChI=1S/C12H6F3N3O/c13-12(14,15)11(19)18-10-8(6-16)5-7-3-1-2-4-9(7)17-10/h1-5H,(H,17,18,19). The Bertz CT molecular complexity index is 689. The van der Waals surface area contributed by atoms with Crippen LogP contribution in [0.5, 0.6) is 0 Å². The number of nitrogens with zero attached hydrogens (tertiary/aromatic N) is 2. The molecule has 4 nitrogen and oxygen atoms in total. The number of carbonyl (C=O) groups excluding carboxylic acids is 1. The van der Waals surface area contributed by atoms with Gasteiger partial charge in [-0.3, -0.25) is 4.79 Å². The zero-order chi connectivity index (χ0) is 14.0. The maximum atomic E-state index is 12.2. The molecule has 0 saturated heterocycles. The Kier molecular flexibility index (Phi) is 3.09. The molecule has 0 saturated carbocycles. The van der Waals surface area contributed by atoms with Crippen molar-refractivity contribution >= 4 is 22.6 Å². The summed E-state index contributed by atoms with van der Waals surface area (Å²) in [4.78, 5) is 14.7. The van der Waals surface area contributed by atoms with Gasteiger partial charge in [0, 0.05) is 5.39 Å². The molecular weight excluding hydrogens is 259 g/mol. The van der Waals surface area contributed by atoms with Gasteiger partial charge in [0.1, 0.15) is 6.07 Å². The average molecular weight is 265 g/mol. The zero-order valence-corrected chi connectivity index (χ0v) is 9.32. The lowest BCUT2D eigenvalue weighted by molar-refractivity contribution is -0.167. The van der Waals surface area contributed by atoms with E-state index in [0.717, 1.165) is 0 Å². The number of rotatable bonds is 1. The van der Waals surface area contributed by atoms with Crippen LogP contribution in [0.4, 0.5) is 19.0 Å². The molecule has 0 bridgehead atoms. The molecule has 1 heterocycles. The highest BCUT2D eigenvalue weighted by Crippen LogP contribution is 2.22. The van der Waals surface area contributed by atoms with Gasteiger partial charge in [0.15, 0.2) is 5.82 Å². The number of benzene rings is 1. The summed E-state index contributed by atoms with van der Waals surface area (Å²) in [5.41, 5.74) is 0.260. The third-order valence-corrected chi connectivity index (χ3v) is 2.33. The first-order chi connectivity index (χ1) is 8.91. The van der Waals surface area contributed by atoms with Crippen molar-refractivity contribution in [2.24, 2.45) is 0 Å². The molecule has 0 fully saturated rings. The highest BCUT2D eigenvalue weighted by molar-refractivity contribution is 5.96. The topological polar surface area (TPSA) is 65.8 Å². The zero-order valence-electron chi connectivity index (χ0n) is 9.32. The summed E-state index contributed by atoms with van der Waals surface area (Å²) in [6.45, 7) is 0. The summed E-state index contributed by atoms with van der Waals surface area (Å²) in [6.07, 6.45) is -5.03. The second kappa shape index (κ2) is 4.57. The number of anilines is 1. The van der Waals surface area contributed by atoms with Crippen molar-refractivity contribution in [3.8, 4) is 6.07 Å². The summed E-state index contributed by atoms with van der Waals surface area (Å²) in [6, 6.07) is 9.66. The van der Waals surface area contributed by atoms with Crippen molar-refractivity contribution in [2.45, 2.75) is 6.18 Å². The Morgan fingerprint density at radius 2 is 2.00 bits per heavy atom. The van der Waals surface area contributed by atoms with Crippen LogP contribution < -0.4 is 5.32 Å². The van der Waals surface area contributed by atoms with E-state index in [1.807, 2.05) is 0 Å². The van der Waals surface area contributed by atoms with Crippen molar-refractivity contribution in [1.29, 1.82) is 5.26 Å². The van der Waals surface area contributed by atoms with E-state index in [-0.39, 0.29) is 5.56 Å². The van der Waals surface area contributed by atoms with Crippen LogP contribution >= 0.6 is 0 Å². The van der Waals surface area contributed by atoms with E-state index in [9.17, 15) is 18.0 Å². The first kappa shape index (κ1) is 12.8. The van der Waals surface area contributed by atoms with Gasteiger partial charge >= 0.3 is 12.1 Å². The van der Waals surface area contributed by atoms with Gasteiger partial charge in [-0.15, -0.1) is 0 Å². The largest absolute Gasteiger partial charge is 0.471 e. The molecule has 0 aliphatic carbocycles. The molecule has 1 aromatic carbocycles. The number of amides is 1. The molecule has 0 aliphatic rings. The van der Waals surface area contributed by atoms with Crippen LogP contribution in [0, 0.1) is 11.3 Å². The number of fused-ring (bicyclic) bond motifs is 1. The van der Waals surface area contributed by atoms with Crippen molar-refractivity contribution in [3.05, 3.63) is 35.9 Å². The number of carbonyl (C=O) groups is 1. The molecule has 0 radical (unpaired) electrons. The van der Waals surface area contributed by atoms with Crippen LogP contribution in [0.2, 0.25) is 0 Å². The lowest BCUT2D eigenvalue weighted by atomic mass is 10.1. The average Bonchev–Trinajstić information content (AvgIpc) is 2.36. The van der Waals surface area contributed by atoms with E-state index in [0.29, 0.717) is 10.9 Å². The van der Waals surface area contributed by atoms with Gasteiger partial charge in [-0.2, -0.15) is 18.4 Å². The Labute approximate surface area is 105 Å². The molecule has 0 atom stereocenters. The van der Waals surface area contributed by atoms with Gasteiger partial charge in [-0.25, -0.2) is 4.98 Å². The number of aromatic nitrogens is 1. The third-order valence-electron chi connectivity index (χ3n) is 2.33. The van der Waals surface area contributed by atoms with Gasteiger partial charge < -0.3 is 5.32 Å². The second-order valence-electron chi connectivity index (χ2n) is 3.64. The van der Waals surface area contributed by atoms with E-state index in [2.05, 4.69) is 4.98 Å². The first-order valence-corrected chi connectivity index (χ1v) is 5.10. The Morgan fingerprint density at radius 1 is 1.32 bits per heavy atom. The highest BCUT2D eigenvalue weighted by Gasteiger charge is 2.39. The van der Waals surface area contributed by atoms with E-state index in [1.54, 1.807) is 35.7 Å². The quantitative estimate of drug-likeness (QED) is 0.861. The fourth-order valence-corrected chi connectivity index (χ4v) is 1.47. The first-order valence-electron chi connectivity index (χ1n) is 5.10. The molecule has 7 heteroatoms. The molecule has 1 amide bonds. The highest BCUT2D eigenvalue weighted by atomic mass is 19.4. The summed E-state index contributed by atoms with van der Waals surface area (Å²) >= 11 is 0. The van der Waals surface area contributed by atoms with E-state index < -0.39 is 17.9 Å². The number of nitrogens with one attached hydrogen (secondary N) is 1. The number of pyridine rings is 1. The van der Waals surface area contributed by atoms with Gasteiger partial charge in [-0.05, 0) is 12.1 Å². The maximum Gasteiger partial charge on any atom is 0.471 e. The predicted molar refractivity (Wildman–Crippen MR) is 61.1 cm³/mol. The van der Waals surface area contributed by atoms with Crippen molar-refractivity contribution < 1.29 is 18.0 Å². The van der Waals surface area contributed by atoms with E-state index in [1.165, 1.54) is 6.07 Å². The minimum absolute atomic E-state index is 0.128. The van der Waals surface area contributed by atoms with Gasteiger partial charge in [0.05, 0.1) is 11.1 Å². The number of halogens is 3. The van der Waals surface area contributed by atoms with Crippen LogP contribution in [-0.2, 0) is 4.79 Å². The lowest BCUT2D eigenvalue weighted by Gasteiger charge is -2.09. The van der Waals surface area contributed by atoms with Crippen molar-refractivity contribution in [2.75, 3.05) is 5.32 Å². The van der Waals surface area contributed by atoms with Crippen LogP contribution in [0.25, 0.3) is 10.9 Å². The second-order valence-corrected chi connectivity index (χ2v) is 3.64. The monoisotopic (exact) mass is 265 g/mol. The molecule has 0 spiro atoms. The minimum atomic E-state index is -5.03. The molecule has 0 unspecified atom stereocenters. The molecule has 2 rings (SSSR count). The van der Waals surface area contributed by atoms with Gasteiger partial charge in [0.2, 0.25) is 0 Å². The van der Waals surface area contributed by atoms with Crippen LogP contribution in [0.15, 0.2) is 30.3 Å². The predicted octanol–water partition coefficient (Wildman–Crippen LogP) is 2.61. The third kappa shape index (κ3) is 2.63. The number of hydrogen-bond donors (Lipinski definition) is 1. The lowest BCUT2D eigenvalue weighted by Crippen LogP contribution is -2.30. The fourth-order valence-electron chi connectivity index (χ4n) is 1.47. The Hall–Kier alpha value is -2.62.